The summed E-state index contributed by atoms with van der Waals surface area (Å²) in [5, 5.41) is 17.4. The van der Waals surface area contributed by atoms with E-state index in [-0.39, 0.29) is 65.2 Å². The second-order valence-electron chi connectivity index (χ2n) is 17.7. The van der Waals surface area contributed by atoms with E-state index in [0.29, 0.717) is 53.2 Å². The minimum Gasteiger partial charge on any atom is -0.483 e. The summed E-state index contributed by atoms with van der Waals surface area (Å²) in [6.07, 6.45) is 7.52. The molecule has 4 aliphatic heterocycles. The van der Waals surface area contributed by atoms with Gasteiger partial charge in [-0.05, 0) is 105 Å². The van der Waals surface area contributed by atoms with Crippen LogP contribution in [-0.2, 0) is 29.4 Å². The standard InChI is InChI=1S/C50H50Cl2FN7O9/c1-3-10-33(52)41(53)27(2)40-42(59-49(21-5-4-6-22-49)50(40)32-18-15-29(51)25-34(32)57-48(50)68)45(65)56-30-16-13-28(14-17-30)43(63)55-24-8-7-23-54-38(62)26-69-36-12-9-11-31-39(36)47(67)60(46(31)66)35-19-20-37(61)58-44(35)64/h3,9-18,25,35,40,42,59H,2,4-8,19-24,26H2,1H3,(H,54,62)(H,55,63)(H,56,65)(H,57,68)(H,58,61,64)/b10-3-,41-33-/t35?,40-,42+,50+/m0/s1. The number of carbonyl (C=O) groups is 8. The zero-order valence-electron chi connectivity index (χ0n) is 37.6. The largest absolute Gasteiger partial charge is 0.483 e. The molecule has 360 valence electrons. The van der Waals surface area contributed by atoms with Gasteiger partial charge in [-0.15, -0.1) is 0 Å². The first-order chi connectivity index (χ1) is 33.1. The Morgan fingerprint density at radius 3 is 2.38 bits per heavy atom. The molecule has 2 saturated heterocycles. The van der Waals surface area contributed by atoms with Crippen LogP contribution in [0.4, 0.5) is 15.8 Å². The van der Waals surface area contributed by atoms with E-state index >= 15 is 4.39 Å². The number of nitrogens with zero attached hydrogens (tertiary/aromatic N) is 1. The summed E-state index contributed by atoms with van der Waals surface area (Å²) in [5.41, 5.74) is -0.754. The second-order valence-corrected chi connectivity index (χ2v) is 18.5. The number of amides is 8. The number of imide groups is 2. The zero-order valence-corrected chi connectivity index (χ0v) is 39.1. The van der Waals surface area contributed by atoms with Gasteiger partial charge >= 0.3 is 0 Å². The lowest BCUT2D eigenvalue weighted by atomic mass is 9.55. The van der Waals surface area contributed by atoms with E-state index in [1.807, 2.05) is 0 Å². The van der Waals surface area contributed by atoms with Gasteiger partial charge in [0.15, 0.2) is 6.61 Å². The Morgan fingerprint density at radius 1 is 0.942 bits per heavy atom. The van der Waals surface area contributed by atoms with Crippen molar-refractivity contribution in [1.82, 2.24) is 26.2 Å². The van der Waals surface area contributed by atoms with Crippen molar-refractivity contribution in [2.75, 3.05) is 30.3 Å². The second kappa shape index (κ2) is 20.1. The third-order valence-electron chi connectivity index (χ3n) is 13.6. The Kier molecular flexibility index (Phi) is 14.2. The fraction of sp³-hybridized carbons (Fsp3) is 0.360. The Morgan fingerprint density at radius 2 is 1.67 bits per heavy atom. The van der Waals surface area contributed by atoms with Gasteiger partial charge in [-0.1, -0.05) is 67.3 Å². The molecular formula is C50H50Cl2FN7O9. The van der Waals surface area contributed by atoms with Crippen LogP contribution in [0, 0.1) is 5.92 Å². The van der Waals surface area contributed by atoms with Crippen molar-refractivity contribution in [3.05, 3.63) is 123 Å². The van der Waals surface area contributed by atoms with E-state index in [9.17, 15) is 38.4 Å². The first-order valence-corrected chi connectivity index (χ1v) is 23.6. The topological polar surface area (TPSA) is 221 Å². The number of hydrogen-bond acceptors (Lipinski definition) is 10. The fourth-order valence-electron chi connectivity index (χ4n) is 10.5. The molecular weight excluding hydrogens is 932 g/mol. The number of anilines is 2. The van der Waals surface area contributed by atoms with E-state index in [0.717, 1.165) is 24.2 Å². The summed E-state index contributed by atoms with van der Waals surface area (Å²) >= 11 is 12.8. The highest BCUT2D eigenvalue weighted by atomic mass is 35.5. The van der Waals surface area contributed by atoms with Crippen LogP contribution in [0.5, 0.6) is 5.75 Å². The minimum absolute atomic E-state index is 0.00210. The Bertz CT molecular complexity index is 2740. The zero-order chi connectivity index (χ0) is 49.2. The minimum atomic E-state index is -1.44. The number of carbonyl (C=O) groups excluding carboxylic acids is 8. The number of halogens is 3. The predicted octanol–water partition coefficient (Wildman–Crippen LogP) is 6.12. The molecule has 19 heteroatoms. The lowest BCUT2D eigenvalue weighted by molar-refractivity contribution is -0.136. The average molecular weight is 983 g/mol. The first kappa shape index (κ1) is 48.8. The fourth-order valence-corrected chi connectivity index (χ4v) is 10.9. The van der Waals surface area contributed by atoms with Crippen LogP contribution in [0.15, 0.2) is 95.8 Å². The molecule has 0 aromatic heterocycles. The summed E-state index contributed by atoms with van der Waals surface area (Å²) in [6.45, 7) is 5.92. The van der Waals surface area contributed by atoms with Crippen molar-refractivity contribution in [1.29, 1.82) is 0 Å². The molecule has 1 saturated carbocycles. The van der Waals surface area contributed by atoms with Gasteiger partial charge in [0.05, 0.1) is 22.2 Å². The molecule has 3 fully saturated rings. The highest BCUT2D eigenvalue weighted by molar-refractivity contribution is 6.32. The molecule has 1 unspecified atom stereocenters. The molecule has 2 spiro atoms. The van der Waals surface area contributed by atoms with E-state index in [4.69, 9.17) is 27.9 Å². The van der Waals surface area contributed by atoms with E-state index in [2.05, 4.69) is 38.5 Å². The molecule has 6 N–H and O–H groups in total. The monoisotopic (exact) mass is 981 g/mol. The van der Waals surface area contributed by atoms with Gasteiger partial charge in [0.2, 0.25) is 23.6 Å². The van der Waals surface area contributed by atoms with Crippen LogP contribution in [0.1, 0.15) is 101 Å². The maximum absolute atomic E-state index is 16.3. The van der Waals surface area contributed by atoms with Crippen LogP contribution in [0.25, 0.3) is 0 Å². The van der Waals surface area contributed by atoms with Crippen molar-refractivity contribution in [3.8, 4) is 5.75 Å². The van der Waals surface area contributed by atoms with Gasteiger partial charge in [0.25, 0.3) is 23.6 Å². The molecule has 0 radical (unpaired) electrons. The highest BCUT2D eigenvalue weighted by Gasteiger charge is 2.72. The van der Waals surface area contributed by atoms with Crippen molar-refractivity contribution in [2.45, 2.75) is 87.7 Å². The molecule has 16 nitrogen and oxygen atoms in total. The number of allylic oxidation sites excluding steroid dienone is 4. The molecule has 8 rings (SSSR count). The van der Waals surface area contributed by atoms with Crippen LogP contribution < -0.4 is 36.6 Å². The number of nitrogens with one attached hydrogen (secondary N) is 6. The normalized spacial score (nSPS) is 22.8. The van der Waals surface area contributed by atoms with Crippen LogP contribution >= 0.6 is 23.2 Å². The van der Waals surface area contributed by atoms with Crippen molar-refractivity contribution in [3.63, 3.8) is 0 Å². The number of fused-ring (bicyclic) bond motifs is 4. The number of rotatable bonds is 15. The Hall–Kier alpha value is -6.69. The Labute approximate surface area is 406 Å². The third kappa shape index (κ3) is 9.06. The summed E-state index contributed by atoms with van der Waals surface area (Å²) in [4.78, 5) is 106. The molecule has 0 bridgehead atoms. The lowest BCUT2D eigenvalue weighted by Gasteiger charge is -2.47. The quantitative estimate of drug-likeness (QED) is 0.0582. The number of piperidine rings is 1. The smallest absolute Gasteiger partial charge is 0.266 e. The molecule has 8 amide bonds. The van der Waals surface area contributed by atoms with Gasteiger partial charge in [0.1, 0.15) is 23.0 Å². The van der Waals surface area contributed by atoms with Gasteiger partial charge in [-0.3, -0.25) is 53.9 Å². The first-order valence-electron chi connectivity index (χ1n) is 22.8. The molecule has 3 aromatic rings. The molecule has 4 heterocycles. The summed E-state index contributed by atoms with van der Waals surface area (Å²) < 4.78 is 22.0. The molecule has 1 aliphatic carbocycles. The van der Waals surface area contributed by atoms with E-state index < -0.39 is 76.8 Å². The molecule has 5 aliphatic rings. The van der Waals surface area contributed by atoms with Gasteiger partial charge in [0, 0.05) is 52.9 Å². The average Bonchev–Trinajstić information content (AvgIpc) is 3.89. The SMILES string of the molecule is C=C(/C(F)=C(Cl)\C=C/C)[C@H]1[C@H](C(=O)Nc2ccc(C(=O)NCCCCNC(=O)COc3cccc4c3C(=O)N(C3CCC(=O)NC3=O)C4=O)cc2)NC2(CCCCC2)[C@@]12C(=O)Nc1cc(Cl)ccc12. The third-order valence-corrected chi connectivity index (χ3v) is 14.1. The summed E-state index contributed by atoms with van der Waals surface area (Å²) in [6, 6.07) is 13.4. The molecule has 69 heavy (non-hydrogen) atoms. The number of unbranched alkanes of at least 4 members (excludes halogenated alkanes) is 1. The van der Waals surface area contributed by atoms with Crippen LogP contribution in [0.2, 0.25) is 5.02 Å². The Balaban J connectivity index is 0.849. The summed E-state index contributed by atoms with van der Waals surface area (Å²) in [5.74, 6) is -6.38. The van der Waals surface area contributed by atoms with Crippen molar-refractivity contribution >= 4 is 81.8 Å². The number of benzene rings is 3. The van der Waals surface area contributed by atoms with Crippen LogP contribution in [-0.4, -0.2) is 89.5 Å². The van der Waals surface area contributed by atoms with Gasteiger partial charge in [-0.2, -0.15) is 0 Å². The maximum atomic E-state index is 16.3. The van der Waals surface area contributed by atoms with E-state index in [1.54, 1.807) is 55.5 Å². The van der Waals surface area contributed by atoms with Gasteiger partial charge in [-0.25, -0.2) is 4.39 Å². The molecule has 3 aromatic carbocycles. The van der Waals surface area contributed by atoms with Gasteiger partial charge < -0.3 is 26.0 Å². The molecule has 4 atom stereocenters. The van der Waals surface area contributed by atoms with Crippen molar-refractivity contribution < 1.29 is 47.5 Å². The van der Waals surface area contributed by atoms with Crippen LogP contribution in [0.3, 0.4) is 0 Å². The highest BCUT2D eigenvalue weighted by Crippen LogP contribution is 2.62. The summed E-state index contributed by atoms with van der Waals surface area (Å²) in [7, 11) is 0. The maximum Gasteiger partial charge on any atom is 0.266 e. The van der Waals surface area contributed by atoms with Crippen molar-refractivity contribution in [2.24, 2.45) is 5.92 Å². The lowest BCUT2D eigenvalue weighted by Crippen LogP contribution is -2.60. The number of hydrogen-bond donors (Lipinski definition) is 6. The predicted molar refractivity (Wildman–Crippen MR) is 254 cm³/mol. The number of ether oxygens (including phenoxy) is 1. The van der Waals surface area contributed by atoms with E-state index in [1.165, 1.54) is 24.3 Å².